The molecule has 0 saturated carbocycles. The summed E-state index contributed by atoms with van der Waals surface area (Å²) in [6, 6.07) is 6.63. The van der Waals surface area contributed by atoms with Crippen molar-refractivity contribution in [2.75, 3.05) is 39.3 Å². The number of nitrogens with zero attached hydrogens (tertiary/aromatic N) is 3. The van der Waals surface area contributed by atoms with E-state index in [4.69, 9.17) is 0 Å². The molecule has 0 aliphatic heterocycles. The number of hydrogen-bond acceptors (Lipinski definition) is 0. The molecule has 1 aromatic carbocycles. The van der Waals surface area contributed by atoms with E-state index in [2.05, 4.69) is 73.7 Å². The van der Waals surface area contributed by atoms with Crippen molar-refractivity contribution in [1.82, 2.24) is 0 Å². The van der Waals surface area contributed by atoms with Gasteiger partial charge in [0.25, 0.3) is 0 Å². The van der Waals surface area contributed by atoms with Crippen molar-refractivity contribution in [3.63, 3.8) is 0 Å². The third-order valence-corrected chi connectivity index (χ3v) is 4.53. The van der Waals surface area contributed by atoms with Gasteiger partial charge in [0.2, 0.25) is 0 Å². The summed E-state index contributed by atoms with van der Waals surface area (Å²) in [5.74, 6) is 0. The van der Waals surface area contributed by atoms with Crippen molar-refractivity contribution < 1.29 is 20.4 Å². The van der Waals surface area contributed by atoms with E-state index in [-0.39, 0.29) is 0 Å². The van der Waals surface area contributed by atoms with Crippen LogP contribution in [-0.4, -0.2) is 39.3 Å². The van der Waals surface area contributed by atoms with E-state index in [9.17, 15) is 0 Å². The van der Waals surface area contributed by atoms with Crippen LogP contribution in [-0.2, 0) is 26.9 Å². The first-order chi connectivity index (χ1) is 13.1. The van der Waals surface area contributed by atoms with Crippen LogP contribution in [0.2, 0.25) is 0 Å². The van der Waals surface area contributed by atoms with E-state index >= 15 is 0 Å². The molecule has 3 nitrogen and oxygen atoms in total. The van der Waals surface area contributed by atoms with Crippen LogP contribution in [0.3, 0.4) is 0 Å². The Bertz CT molecular complexity index is 441. The second kappa shape index (κ2) is 21.8. The monoisotopic (exact) mass is 407 g/mol. The average Bonchev–Trinajstić information content (AvgIpc) is 3.07. The number of rotatable bonds is 7. The van der Waals surface area contributed by atoms with E-state index in [0.29, 0.717) is 4.22 Å². The van der Waals surface area contributed by atoms with Crippen molar-refractivity contribution >= 4 is 6.08 Å². The molecule has 1 aliphatic rings. The fourth-order valence-electron chi connectivity index (χ4n) is 2.38. The van der Waals surface area contributed by atoms with Crippen molar-refractivity contribution in [3.05, 3.63) is 56.9 Å². The van der Waals surface area contributed by atoms with E-state index < -0.39 is 0 Å². The number of aryl methyl sites for hydroxylation is 1. The molecule has 1 aliphatic carbocycles. The van der Waals surface area contributed by atoms with Gasteiger partial charge in [-0.15, -0.1) is 0 Å². The van der Waals surface area contributed by atoms with Gasteiger partial charge < -0.3 is 16.0 Å². The van der Waals surface area contributed by atoms with Crippen LogP contribution in [0.5, 0.6) is 0 Å². The van der Waals surface area contributed by atoms with E-state index in [0.717, 1.165) is 45.7 Å². The van der Waals surface area contributed by atoms with Gasteiger partial charge in [-0.1, -0.05) is 41.5 Å². The first kappa shape index (κ1) is 28.8. The van der Waals surface area contributed by atoms with Crippen molar-refractivity contribution in [1.29, 1.82) is 0 Å². The Balaban J connectivity index is 0. The van der Waals surface area contributed by atoms with Crippen LogP contribution in [0, 0.1) is 0 Å². The summed E-state index contributed by atoms with van der Waals surface area (Å²) in [7, 11) is 0. The molecule has 0 fully saturated rings. The topological polar surface area (TPSA) is 42.3 Å². The van der Waals surface area contributed by atoms with Gasteiger partial charge in [0.15, 0.2) is 0 Å². The Morgan fingerprint density at radius 2 is 1.19 bits per heavy atom. The maximum atomic E-state index is 3.97. The SMILES string of the molecule is CC[N-]CC.CC[N-]CC.CC[N-]CC.CCc1cccc2c1C=C[CH]2[Ti+3]. The van der Waals surface area contributed by atoms with Gasteiger partial charge in [-0.05, 0) is 0 Å². The summed E-state index contributed by atoms with van der Waals surface area (Å²) in [5, 5.41) is 11.9. The molecule has 2 rings (SSSR count). The first-order valence-corrected chi connectivity index (χ1v) is 11.4. The standard InChI is InChI=1S/C11H11.3C4H10N.Ti/c1-2-9-5-3-6-10-7-4-8-11(9)10;3*1-3-5-4-2;/h3-8H,2H2,1H3;3*3-4H2,1-2H3;/q;3*-1;+3. The van der Waals surface area contributed by atoms with E-state index in [1.54, 1.807) is 0 Å². The molecule has 0 N–H and O–H groups in total. The molecule has 1 aromatic rings. The van der Waals surface area contributed by atoms with Crippen molar-refractivity contribution in [2.24, 2.45) is 0 Å². The Labute approximate surface area is 181 Å². The summed E-state index contributed by atoms with van der Waals surface area (Å²) in [4.78, 5) is 0. The molecule has 0 heterocycles. The molecule has 1 atom stereocenters. The maximum absolute atomic E-state index is 3.97. The van der Waals surface area contributed by atoms with Crippen LogP contribution < -0.4 is 0 Å². The third kappa shape index (κ3) is 15.2. The van der Waals surface area contributed by atoms with E-state index in [1.165, 1.54) is 16.7 Å². The molecule has 0 radical (unpaired) electrons. The zero-order valence-electron chi connectivity index (χ0n) is 18.8. The van der Waals surface area contributed by atoms with Gasteiger partial charge in [0.1, 0.15) is 0 Å². The van der Waals surface area contributed by atoms with Crippen LogP contribution in [0.25, 0.3) is 22.0 Å². The Kier molecular flexibility index (Phi) is 23.3. The van der Waals surface area contributed by atoms with Crippen molar-refractivity contribution in [2.45, 2.75) is 59.1 Å². The summed E-state index contributed by atoms with van der Waals surface area (Å²) in [5.41, 5.74) is 4.44. The fourth-order valence-corrected chi connectivity index (χ4v) is 2.93. The van der Waals surface area contributed by atoms with Crippen LogP contribution in [0.15, 0.2) is 24.3 Å². The predicted octanol–water partition coefficient (Wildman–Crippen LogP) is 7.06. The number of hydrogen-bond donors (Lipinski definition) is 0. The van der Waals surface area contributed by atoms with Gasteiger partial charge in [0, 0.05) is 0 Å². The number of allylic oxidation sites excluding steroid dienone is 1. The summed E-state index contributed by atoms with van der Waals surface area (Å²) < 4.78 is 0.617. The minimum atomic E-state index is 0.617. The van der Waals surface area contributed by atoms with Gasteiger partial charge in [-0.3, -0.25) is 0 Å². The third-order valence-electron chi connectivity index (χ3n) is 3.74. The van der Waals surface area contributed by atoms with Crippen LogP contribution >= 0.6 is 0 Å². The second-order valence-electron chi connectivity index (χ2n) is 5.68. The Morgan fingerprint density at radius 3 is 1.52 bits per heavy atom. The predicted molar refractivity (Wildman–Crippen MR) is 121 cm³/mol. The zero-order chi connectivity index (χ0) is 20.9. The zero-order valence-corrected chi connectivity index (χ0v) is 20.3. The minimum absolute atomic E-state index is 0.617. The molecule has 0 bridgehead atoms. The number of benzene rings is 1. The van der Waals surface area contributed by atoms with Crippen LogP contribution in [0.4, 0.5) is 0 Å². The molecule has 0 aromatic heterocycles. The van der Waals surface area contributed by atoms with Gasteiger partial charge in [0.05, 0.1) is 0 Å². The van der Waals surface area contributed by atoms with Gasteiger partial charge in [-0.2, -0.15) is 39.3 Å². The normalized spacial score (nSPS) is 13.4. The average molecular weight is 407 g/mol. The van der Waals surface area contributed by atoms with Gasteiger partial charge >= 0.3 is 85.0 Å². The molecule has 4 heteroatoms. The summed E-state index contributed by atoms with van der Waals surface area (Å²) in [6.45, 7) is 20.3. The van der Waals surface area contributed by atoms with Crippen molar-refractivity contribution in [3.8, 4) is 0 Å². The molecule has 27 heavy (non-hydrogen) atoms. The quantitative estimate of drug-likeness (QED) is 0.434. The van der Waals surface area contributed by atoms with Gasteiger partial charge in [-0.25, -0.2) is 0 Å². The molecular weight excluding hydrogens is 366 g/mol. The fraction of sp³-hybridized carbons (Fsp3) is 0.652. The molecule has 0 amide bonds. The molecule has 1 unspecified atom stereocenters. The van der Waals surface area contributed by atoms with Crippen LogP contribution in [0.1, 0.15) is 69.4 Å². The number of fused-ring (bicyclic) bond motifs is 1. The second-order valence-corrected chi connectivity index (χ2v) is 6.65. The first-order valence-electron chi connectivity index (χ1n) is 10.5. The summed E-state index contributed by atoms with van der Waals surface area (Å²) in [6.07, 6.45) is 5.68. The van der Waals surface area contributed by atoms with E-state index in [1.807, 2.05) is 41.5 Å². The molecule has 0 spiro atoms. The Hall–Kier alpha value is -0.446. The molecule has 0 saturated heterocycles. The molecular formula is C23H41N3Ti. The summed E-state index contributed by atoms with van der Waals surface area (Å²) >= 11 is 2.25. The molecule has 152 valence electrons. The Morgan fingerprint density at radius 1 is 0.741 bits per heavy atom.